The van der Waals surface area contributed by atoms with Gasteiger partial charge < -0.3 is 10.5 Å². The topological polar surface area (TPSA) is 53.1 Å². The molecule has 4 nitrogen and oxygen atoms in total. The molecular formula is C11H18N3O. The molecule has 0 aliphatic carbocycles. The van der Waals surface area contributed by atoms with Gasteiger partial charge in [-0.2, -0.15) is 5.10 Å². The molecule has 1 aliphatic rings. The monoisotopic (exact) mass is 208 g/mol. The van der Waals surface area contributed by atoms with E-state index in [2.05, 4.69) is 32.3 Å². The quantitative estimate of drug-likeness (QED) is 0.766. The van der Waals surface area contributed by atoms with Gasteiger partial charge in [0.15, 0.2) is 0 Å². The molecule has 0 saturated carbocycles. The molecule has 0 bridgehead atoms. The molecule has 2 rings (SSSR count). The smallest absolute Gasteiger partial charge is 0.145 e. The lowest BCUT2D eigenvalue weighted by atomic mass is 10.1. The van der Waals surface area contributed by atoms with Crippen molar-refractivity contribution in [1.82, 2.24) is 9.78 Å². The Hall–Kier alpha value is -1.03. The maximum atomic E-state index is 5.75. The van der Waals surface area contributed by atoms with Gasteiger partial charge in [0.05, 0.1) is 23.9 Å². The molecule has 1 saturated heterocycles. The zero-order chi connectivity index (χ0) is 11.1. The lowest BCUT2D eigenvalue weighted by Gasteiger charge is -2.24. The molecular weight excluding hydrogens is 190 g/mol. The molecule has 4 heteroatoms. The molecule has 1 radical (unpaired) electrons. The van der Waals surface area contributed by atoms with Gasteiger partial charge in [0, 0.05) is 6.07 Å². The first-order chi connectivity index (χ1) is 6.98. The van der Waals surface area contributed by atoms with Gasteiger partial charge in [0.1, 0.15) is 5.82 Å². The van der Waals surface area contributed by atoms with Crippen LogP contribution >= 0.6 is 0 Å². The molecule has 83 valence electrons. The van der Waals surface area contributed by atoms with Crippen LogP contribution in [0.25, 0.3) is 0 Å². The predicted octanol–water partition coefficient (Wildman–Crippen LogP) is 1.89. The van der Waals surface area contributed by atoms with Crippen molar-refractivity contribution in [2.45, 2.75) is 38.8 Å². The van der Waals surface area contributed by atoms with Crippen LogP contribution in [-0.4, -0.2) is 16.4 Å². The Morgan fingerprint density at radius 2 is 2.27 bits per heavy atom. The molecule has 1 aromatic heterocycles. The minimum absolute atomic E-state index is 0.0566. The molecule has 0 spiro atoms. The zero-order valence-electron chi connectivity index (χ0n) is 9.53. The lowest BCUT2D eigenvalue weighted by Crippen LogP contribution is -2.26. The highest BCUT2D eigenvalue weighted by Crippen LogP contribution is 2.31. The third-order valence-electron chi connectivity index (χ3n) is 2.52. The number of nitrogens with zero attached hydrogens (tertiary/aromatic N) is 2. The predicted molar refractivity (Wildman–Crippen MR) is 59.2 cm³/mol. The van der Waals surface area contributed by atoms with Crippen molar-refractivity contribution in [3.8, 4) is 0 Å². The Bertz CT molecular complexity index is 345. The van der Waals surface area contributed by atoms with E-state index in [0.717, 1.165) is 18.7 Å². The summed E-state index contributed by atoms with van der Waals surface area (Å²) >= 11 is 0. The van der Waals surface area contributed by atoms with Crippen LogP contribution in [0.15, 0.2) is 6.07 Å². The van der Waals surface area contributed by atoms with Crippen LogP contribution in [0, 0.1) is 6.42 Å². The molecule has 1 fully saturated rings. The number of nitrogen functional groups attached to an aromatic ring is 1. The van der Waals surface area contributed by atoms with E-state index in [1.165, 1.54) is 0 Å². The van der Waals surface area contributed by atoms with Crippen molar-refractivity contribution in [1.29, 1.82) is 0 Å². The summed E-state index contributed by atoms with van der Waals surface area (Å²) in [6.07, 6.45) is 3.20. The van der Waals surface area contributed by atoms with E-state index in [0.29, 0.717) is 5.82 Å². The second-order valence-electron chi connectivity index (χ2n) is 4.92. The Labute approximate surface area is 90.4 Å². The van der Waals surface area contributed by atoms with E-state index >= 15 is 0 Å². The highest BCUT2D eigenvalue weighted by molar-refractivity contribution is 5.31. The maximum Gasteiger partial charge on any atom is 0.145 e. The van der Waals surface area contributed by atoms with Gasteiger partial charge in [-0.05, 0) is 33.6 Å². The van der Waals surface area contributed by atoms with Crippen LogP contribution in [0.4, 0.5) is 5.82 Å². The van der Waals surface area contributed by atoms with Crippen molar-refractivity contribution >= 4 is 5.82 Å². The van der Waals surface area contributed by atoms with Crippen molar-refractivity contribution in [2.75, 3.05) is 12.3 Å². The number of anilines is 1. The summed E-state index contributed by atoms with van der Waals surface area (Å²) in [6, 6.07) is 1.91. The normalized spacial score (nSPS) is 22.2. The van der Waals surface area contributed by atoms with E-state index in [9.17, 15) is 0 Å². The summed E-state index contributed by atoms with van der Waals surface area (Å²) in [4.78, 5) is 0. The SMILES string of the molecule is CC(C)(C)n1nc(N)cc1[C@H]1C[CH]CO1. The molecule has 1 aliphatic heterocycles. The van der Waals surface area contributed by atoms with E-state index in [1.54, 1.807) is 0 Å². The summed E-state index contributed by atoms with van der Waals surface area (Å²) in [6.45, 7) is 7.06. The van der Waals surface area contributed by atoms with E-state index in [1.807, 2.05) is 10.7 Å². The maximum absolute atomic E-state index is 5.75. The Balaban J connectivity index is 2.37. The highest BCUT2D eigenvalue weighted by atomic mass is 16.5. The first-order valence-corrected chi connectivity index (χ1v) is 5.27. The van der Waals surface area contributed by atoms with E-state index in [-0.39, 0.29) is 11.6 Å². The highest BCUT2D eigenvalue weighted by Gasteiger charge is 2.27. The van der Waals surface area contributed by atoms with E-state index in [4.69, 9.17) is 10.5 Å². The number of nitrogens with two attached hydrogens (primary N) is 1. The fraction of sp³-hybridized carbons (Fsp3) is 0.636. The molecule has 2 N–H and O–H groups in total. The minimum atomic E-state index is -0.0566. The Kier molecular flexibility index (Phi) is 2.46. The summed E-state index contributed by atoms with van der Waals surface area (Å²) in [5, 5.41) is 4.33. The number of rotatable bonds is 1. The summed E-state index contributed by atoms with van der Waals surface area (Å²) < 4.78 is 7.58. The molecule has 15 heavy (non-hydrogen) atoms. The van der Waals surface area contributed by atoms with E-state index < -0.39 is 0 Å². The first-order valence-electron chi connectivity index (χ1n) is 5.27. The van der Waals surface area contributed by atoms with Crippen LogP contribution < -0.4 is 5.73 Å². The zero-order valence-corrected chi connectivity index (χ0v) is 9.53. The second-order valence-corrected chi connectivity index (χ2v) is 4.92. The van der Waals surface area contributed by atoms with Crippen molar-refractivity contribution in [3.63, 3.8) is 0 Å². The van der Waals surface area contributed by atoms with Crippen LogP contribution in [0.2, 0.25) is 0 Å². The van der Waals surface area contributed by atoms with Crippen LogP contribution in [0.1, 0.15) is 39.0 Å². The molecule has 2 heterocycles. The Morgan fingerprint density at radius 1 is 1.53 bits per heavy atom. The number of hydrogen-bond acceptors (Lipinski definition) is 3. The van der Waals surface area contributed by atoms with Crippen LogP contribution in [-0.2, 0) is 10.3 Å². The van der Waals surface area contributed by atoms with Gasteiger partial charge in [-0.3, -0.25) is 4.68 Å². The molecule has 1 atom stereocenters. The van der Waals surface area contributed by atoms with Gasteiger partial charge in [0.25, 0.3) is 0 Å². The Morgan fingerprint density at radius 3 is 2.80 bits per heavy atom. The standard InChI is InChI=1S/C11H18N3O/c1-11(2,3)14-8(7-10(12)13-14)9-5-4-6-15-9/h4,7,9H,5-6H2,1-3H3,(H2,12,13)/t9-/m1/s1. The van der Waals surface area contributed by atoms with Gasteiger partial charge >= 0.3 is 0 Å². The third-order valence-corrected chi connectivity index (χ3v) is 2.52. The summed E-state index contributed by atoms with van der Waals surface area (Å²) in [5.74, 6) is 0.565. The van der Waals surface area contributed by atoms with Crippen molar-refractivity contribution in [3.05, 3.63) is 18.2 Å². The number of ether oxygens (including phenoxy) is 1. The molecule has 1 aromatic rings. The first kappa shape index (κ1) is 10.5. The lowest BCUT2D eigenvalue weighted by molar-refractivity contribution is 0.102. The average Bonchev–Trinajstić information content (AvgIpc) is 2.68. The fourth-order valence-electron chi connectivity index (χ4n) is 1.86. The van der Waals surface area contributed by atoms with Crippen molar-refractivity contribution < 1.29 is 4.74 Å². The third kappa shape index (κ3) is 2.00. The fourth-order valence-corrected chi connectivity index (χ4v) is 1.86. The van der Waals surface area contributed by atoms with Gasteiger partial charge in [-0.25, -0.2) is 0 Å². The number of hydrogen-bond donors (Lipinski definition) is 1. The minimum Gasteiger partial charge on any atom is -0.382 e. The largest absolute Gasteiger partial charge is 0.382 e. The molecule has 0 aromatic carbocycles. The molecule has 0 amide bonds. The van der Waals surface area contributed by atoms with Crippen molar-refractivity contribution in [2.24, 2.45) is 0 Å². The van der Waals surface area contributed by atoms with Gasteiger partial charge in [-0.15, -0.1) is 0 Å². The summed E-state index contributed by atoms with van der Waals surface area (Å²) in [7, 11) is 0. The number of aromatic nitrogens is 2. The average molecular weight is 208 g/mol. The second kappa shape index (κ2) is 3.52. The molecule has 0 unspecified atom stereocenters. The van der Waals surface area contributed by atoms with Gasteiger partial charge in [0.2, 0.25) is 0 Å². The summed E-state index contributed by atoms with van der Waals surface area (Å²) in [5.41, 5.74) is 6.77. The van der Waals surface area contributed by atoms with Gasteiger partial charge in [-0.1, -0.05) is 0 Å². The van der Waals surface area contributed by atoms with Crippen LogP contribution in [0.5, 0.6) is 0 Å². The van der Waals surface area contributed by atoms with Crippen LogP contribution in [0.3, 0.4) is 0 Å².